The molecule has 1 aliphatic heterocycles. The average Bonchev–Trinajstić information content (AvgIpc) is 3.13. The number of nitrogens with one attached hydrogen (secondary N) is 1. The Morgan fingerprint density at radius 1 is 1.20 bits per heavy atom. The van der Waals surface area contributed by atoms with Gasteiger partial charge in [0.15, 0.2) is 0 Å². The number of hydrogen-bond donors (Lipinski definition) is 1. The van der Waals surface area contributed by atoms with Crippen LogP contribution in [0.1, 0.15) is 62.4 Å². The highest BCUT2D eigenvalue weighted by atomic mass is 32.1. The highest BCUT2D eigenvalue weighted by Gasteiger charge is 2.33. The van der Waals surface area contributed by atoms with E-state index in [0.717, 1.165) is 19.6 Å². The predicted octanol–water partition coefficient (Wildman–Crippen LogP) is 5.78. The zero-order chi connectivity index (χ0) is 17.7. The summed E-state index contributed by atoms with van der Waals surface area (Å²) in [6.07, 6.45) is 3.50. The first-order chi connectivity index (χ1) is 12.1. The van der Waals surface area contributed by atoms with Gasteiger partial charge in [-0.05, 0) is 75.4 Å². The van der Waals surface area contributed by atoms with Crippen molar-refractivity contribution in [2.75, 3.05) is 13.2 Å². The molecule has 1 aromatic heterocycles. The summed E-state index contributed by atoms with van der Waals surface area (Å²) in [5.41, 5.74) is 1.49. The Hall–Kier alpha value is -1.16. The first-order valence-electron chi connectivity index (χ1n) is 9.51. The molecule has 0 saturated carbocycles. The van der Waals surface area contributed by atoms with Gasteiger partial charge in [0.05, 0.1) is 5.60 Å². The van der Waals surface area contributed by atoms with Crippen LogP contribution in [-0.2, 0) is 4.74 Å². The topological polar surface area (TPSA) is 21.3 Å². The molecule has 3 atom stereocenters. The van der Waals surface area contributed by atoms with Gasteiger partial charge >= 0.3 is 0 Å². The van der Waals surface area contributed by atoms with Gasteiger partial charge in [0.1, 0.15) is 0 Å². The summed E-state index contributed by atoms with van der Waals surface area (Å²) in [5, 5.41) is 5.88. The SMILES string of the molecule is C[C@H](NCC[C@H](c1ccccc1)[C@@H]1CCOC(C)(C)C1)c1cccs1. The fourth-order valence-corrected chi connectivity index (χ4v) is 4.85. The van der Waals surface area contributed by atoms with Crippen molar-refractivity contribution >= 4 is 11.3 Å². The Bertz CT molecular complexity index is 623. The second-order valence-electron chi connectivity index (χ2n) is 7.86. The van der Waals surface area contributed by atoms with Gasteiger partial charge in [-0.15, -0.1) is 11.3 Å². The number of hydrogen-bond acceptors (Lipinski definition) is 3. The van der Waals surface area contributed by atoms with Crippen molar-refractivity contribution in [1.82, 2.24) is 5.32 Å². The standard InChI is InChI=1S/C22H31NOS/c1-17(21-10-7-15-25-21)23-13-11-20(18-8-5-4-6-9-18)19-12-14-24-22(2,3)16-19/h4-10,15,17,19-20,23H,11-14,16H2,1-3H3/t17-,19+,20+/m0/s1. The third-order valence-electron chi connectivity index (χ3n) is 5.41. The van der Waals surface area contributed by atoms with Gasteiger partial charge in [0, 0.05) is 17.5 Å². The molecular formula is C22H31NOS. The maximum atomic E-state index is 5.96. The van der Waals surface area contributed by atoms with Crippen molar-refractivity contribution in [3.8, 4) is 0 Å². The highest BCUT2D eigenvalue weighted by Crippen LogP contribution is 2.39. The lowest BCUT2D eigenvalue weighted by Gasteiger charge is -2.39. The Labute approximate surface area is 156 Å². The fourth-order valence-electron chi connectivity index (χ4n) is 4.09. The zero-order valence-corrected chi connectivity index (χ0v) is 16.5. The van der Waals surface area contributed by atoms with Gasteiger partial charge in [0.2, 0.25) is 0 Å². The second kappa shape index (κ2) is 8.48. The van der Waals surface area contributed by atoms with Crippen molar-refractivity contribution in [2.24, 2.45) is 5.92 Å². The average molecular weight is 358 g/mol. The molecule has 0 spiro atoms. The van der Waals surface area contributed by atoms with E-state index in [2.05, 4.69) is 73.9 Å². The molecule has 0 aliphatic carbocycles. The Morgan fingerprint density at radius 3 is 2.68 bits per heavy atom. The number of benzene rings is 1. The minimum atomic E-state index is 0.00758. The summed E-state index contributed by atoms with van der Waals surface area (Å²) < 4.78 is 5.96. The second-order valence-corrected chi connectivity index (χ2v) is 8.84. The maximum Gasteiger partial charge on any atom is 0.0629 e. The van der Waals surface area contributed by atoms with Crippen LogP contribution in [0.2, 0.25) is 0 Å². The van der Waals surface area contributed by atoms with Crippen molar-refractivity contribution in [3.63, 3.8) is 0 Å². The van der Waals surface area contributed by atoms with E-state index in [0.29, 0.717) is 17.9 Å². The van der Waals surface area contributed by atoms with E-state index in [-0.39, 0.29) is 5.60 Å². The van der Waals surface area contributed by atoms with Crippen LogP contribution in [0.15, 0.2) is 47.8 Å². The van der Waals surface area contributed by atoms with E-state index >= 15 is 0 Å². The van der Waals surface area contributed by atoms with E-state index < -0.39 is 0 Å². The lowest BCUT2D eigenvalue weighted by molar-refractivity contribution is -0.0772. The number of rotatable bonds is 7. The molecule has 3 rings (SSSR count). The van der Waals surface area contributed by atoms with Crippen LogP contribution in [0.3, 0.4) is 0 Å². The number of ether oxygens (including phenoxy) is 1. The largest absolute Gasteiger partial charge is 0.376 e. The Balaban J connectivity index is 1.65. The maximum absolute atomic E-state index is 5.96. The molecule has 1 saturated heterocycles. The van der Waals surface area contributed by atoms with Crippen molar-refractivity contribution in [3.05, 3.63) is 58.3 Å². The number of thiophene rings is 1. The molecule has 2 nitrogen and oxygen atoms in total. The molecular weight excluding hydrogens is 326 g/mol. The van der Waals surface area contributed by atoms with E-state index in [9.17, 15) is 0 Å². The third-order valence-corrected chi connectivity index (χ3v) is 6.46. The lowest BCUT2D eigenvalue weighted by atomic mass is 9.75. The summed E-state index contributed by atoms with van der Waals surface area (Å²) in [5.74, 6) is 1.30. The molecule has 0 amide bonds. The summed E-state index contributed by atoms with van der Waals surface area (Å²) in [6.45, 7) is 8.67. The summed E-state index contributed by atoms with van der Waals surface area (Å²) in [7, 11) is 0. The summed E-state index contributed by atoms with van der Waals surface area (Å²) in [4.78, 5) is 1.42. The predicted molar refractivity (Wildman–Crippen MR) is 107 cm³/mol. The van der Waals surface area contributed by atoms with Crippen molar-refractivity contribution in [2.45, 2.75) is 57.6 Å². The van der Waals surface area contributed by atoms with Gasteiger partial charge in [-0.3, -0.25) is 0 Å². The zero-order valence-electron chi connectivity index (χ0n) is 15.7. The van der Waals surface area contributed by atoms with E-state index in [4.69, 9.17) is 4.74 Å². The van der Waals surface area contributed by atoms with Crippen molar-refractivity contribution in [1.29, 1.82) is 0 Å². The smallest absolute Gasteiger partial charge is 0.0629 e. The van der Waals surface area contributed by atoms with E-state index in [1.807, 2.05) is 11.3 Å². The van der Waals surface area contributed by atoms with Gasteiger partial charge in [-0.2, -0.15) is 0 Å². The van der Waals surface area contributed by atoms with E-state index in [1.165, 1.54) is 23.3 Å². The van der Waals surface area contributed by atoms with Gasteiger partial charge in [-0.25, -0.2) is 0 Å². The molecule has 1 aromatic carbocycles. The molecule has 1 aliphatic rings. The monoisotopic (exact) mass is 357 g/mol. The van der Waals surface area contributed by atoms with Crippen LogP contribution in [0.5, 0.6) is 0 Å². The fraction of sp³-hybridized carbons (Fsp3) is 0.545. The first-order valence-corrected chi connectivity index (χ1v) is 10.4. The van der Waals surface area contributed by atoms with Crippen LogP contribution in [0.4, 0.5) is 0 Å². The molecule has 1 N–H and O–H groups in total. The molecule has 3 heteroatoms. The summed E-state index contributed by atoms with van der Waals surface area (Å²) >= 11 is 1.84. The van der Waals surface area contributed by atoms with Gasteiger partial charge < -0.3 is 10.1 Å². The summed E-state index contributed by atoms with van der Waals surface area (Å²) in [6, 6.07) is 15.9. The molecule has 2 heterocycles. The molecule has 0 bridgehead atoms. The van der Waals surface area contributed by atoms with Gasteiger partial charge in [-0.1, -0.05) is 36.4 Å². The molecule has 1 fully saturated rings. The molecule has 0 unspecified atom stereocenters. The van der Waals surface area contributed by atoms with Crippen LogP contribution in [-0.4, -0.2) is 18.8 Å². The van der Waals surface area contributed by atoms with Crippen LogP contribution >= 0.6 is 11.3 Å². The van der Waals surface area contributed by atoms with Crippen LogP contribution < -0.4 is 5.32 Å². The minimum Gasteiger partial charge on any atom is -0.376 e. The van der Waals surface area contributed by atoms with Crippen LogP contribution in [0.25, 0.3) is 0 Å². The lowest BCUT2D eigenvalue weighted by Crippen LogP contribution is -2.37. The molecule has 136 valence electrons. The normalized spacial score (nSPS) is 22.4. The molecule has 2 aromatic rings. The Kier molecular flexibility index (Phi) is 6.32. The molecule has 25 heavy (non-hydrogen) atoms. The molecule has 0 radical (unpaired) electrons. The minimum absolute atomic E-state index is 0.00758. The van der Waals surface area contributed by atoms with Crippen molar-refractivity contribution < 1.29 is 4.74 Å². The quantitative estimate of drug-likeness (QED) is 0.678. The first kappa shape index (κ1) is 18.6. The Morgan fingerprint density at radius 2 is 2.00 bits per heavy atom. The third kappa shape index (κ3) is 5.16. The van der Waals surface area contributed by atoms with Gasteiger partial charge in [0.25, 0.3) is 0 Å². The highest BCUT2D eigenvalue weighted by molar-refractivity contribution is 7.10. The van der Waals surface area contributed by atoms with Crippen LogP contribution in [0, 0.1) is 5.92 Å². The van der Waals surface area contributed by atoms with E-state index in [1.54, 1.807) is 0 Å².